The maximum absolute atomic E-state index is 11.6. The molecule has 0 saturated heterocycles. The number of amides is 1. The van der Waals surface area contributed by atoms with Crippen LogP contribution in [-0.4, -0.2) is 61.4 Å². The molecule has 0 radical (unpaired) electrons. The zero-order chi connectivity index (χ0) is 21.5. The second-order valence-corrected chi connectivity index (χ2v) is 4.64. The standard InChI is InChI=1S/C9H16N8O3.C2HF3O2/c1-20-9(19)3-7(5-14-17-12)15-8(18)2-6(10)4-13-16-11;3-2(4,5)1(6)7/h6-7H,2-5,10H2,1H3,(H,15,18);(H,6,7)/t6-,7-;/m0./s1. The zero-order valence-corrected chi connectivity index (χ0v) is 14.0. The minimum atomic E-state index is -5.08. The van der Waals surface area contributed by atoms with E-state index in [1.807, 2.05) is 0 Å². The van der Waals surface area contributed by atoms with Gasteiger partial charge in [0.25, 0.3) is 0 Å². The molecule has 0 saturated carbocycles. The van der Waals surface area contributed by atoms with Gasteiger partial charge in [0.05, 0.1) is 13.5 Å². The molecular weight excluding hydrogens is 381 g/mol. The average molecular weight is 398 g/mol. The maximum Gasteiger partial charge on any atom is 0.490 e. The first-order valence-electron chi connectivity index (χ1n) is 6.91. The van der Waals surface area contributed by atoms with Gasteiger partial charge >= 0.3 is 18.1 Å². The number of azide groups is 2. The van der Waals surface area contributed by atoms with Gasteiger partial charge in [0, 0.05) is 41.4 Å². The van der Waals surface area contributed by atoms with Crippen LogP contribution in [-0.2, 0) is 19.1 Å². The van der Waals surface area contributed by atoms with Crippen LogP contribution in [0.3, 0.4) is 0 Å². The number of esters is 1. The van der Waals surface area contributed by atoms with E-state index >= 15 is 0 Å². The number of carboxylic acid groups (broad SMARTS) is 1. The highest BCUT2D eigenvalue weighted by Gasteiger charge is 2.38. The van der Waals surface area contributed by atoms with Gasteiger partial charge in [-0.15, -0.1) is 0 Å². The van der Waals surface area contributed by atoms with Crippen LogP contribution in [0.2, 0.25) is 0 Å². The van der Waals surface area contributed by atoms with Crippen molar-refractivity contribution in [3.8, 4) is 0 Å². The Morgan fingerprint density at radius 2 is 1.67 bits per heavy atom. The number of hydrogen-bond donors (Lipinski definition) is 3. The number of nitrogens with two attached hydrogens (primary N) is 1. The highest BCUT2D eigenvalue weighted by Crippen LogP contribution is 2.13. The summed E-state index contributed by atoms with van der Waals surface area (Å²) < 4.78 is 36.2. The van der Waals surface area contributed by atoms with E-state index in [1.165, 1.54) is 7.11 Å². The van der Waals surface area contributed by atoms with Crippen molar-refractivity contribution in [1.29, 1.82) is 0 Å². The van der Waals surface area contributed by atoms with Crippen LogP contribution in [0, 0.1) is 0 Å². The van der Waals surface area contributed by atoms with Crippen molar-refractivity contribution in [1.82, 2.24) is 5.32 Å². The van der Waals surface area contributed by atoms with Crippen LogP contribution in [0.1, 0.15) is 12.8 Å². The molecule has 16 heteroatoms. The van der Waals surface area contributed by atoms with Crippen molar-refractivity contribution in [3.05, 3.63) is 20.9 Å². The summed E-state index contributed by atoms with van der Waals surface area (Å²) in [4.78, 5) is 36.8. The van der Waals surface area contributed by atoms with Crippen molar-refractivity contribution in [2.24, 2.45) is 16.0 Å². The van der Waals surface area contributed by atoms with Crippen molar-refractivity contribution in [2.45, 2.75) is 31.1 Å². The SMILES string of the molecule is COC(=O)C[C@@H](CN=[N+]=[N-])NC(=O)C[C@H](N)CN=[N+]=[N-].O=C(O)C(F)(F)F. The Balaban J connectivity index is 0. The summed E-state index contributed by atoms with van der Waals surface area (Å²) >= 11 is 0. The van der Waals surface area contributed by atoms with Crippen LogP contribution < -0.4 is 11.1 Å². The molecule has 0 unspecified atom stereocenters. The van der Waals surface area contributed by atoms with E-state index in [4.69, 9.17) is 26.7 Å². The lowest BCUT2D eigenvalue weighted by Gasteiger charge is -2.16. The van der Waals surface area contributed by atoms with Gasteiger partial charge in [-0.2, -0.15) is 13.2 Å². The molecule has 0 aliphatic heterocycles. The molecular formula is C11H17F3N8O5. The highest BCUT2D eigenvalue weighted by molar-refractivity contribution is 5.78. The third-order valence-electron chi connectivity index (χ3n) is 2.44. The van der Waals surface area contributed by atoms with Gasteiger partial charge < -0.3 is 20.9 Å². The van der Waals surface area contributed by atoms with Gasteiger partial charge in [-0.3, -0.25) is 9.59 Å². The number of nitrogens with one attached hydrogen (secondary N) is 1. The molecule has 152 valence electrons. The lowest BCUT2D eigenvalue weighted by atomic mass is 10.1. The summed E-state index contributed by atoms with van der Waals surface area (Å²) in [6.45, 7) is -0.0924. The van der Waals surface area contributed by atoms with Gasteiger partial charge in [0.2, 0.25) is 5.91 Å². The van der Waals surface area contributed by atoms with E-state index in [9.17, 15) is 22.8 Å². The number of ether oxygens (including phenoxy) is 1. The molecule has 0 aromatic heterocycles. The predicted molar refractivity (Wildman–Crippen MR) is 82.9 cm³/mol. The Labute approximate surface area is 149 Å². The van der Waals surface area contributed by atoms with E-state index < -0.39 is 36.1 Å². The summed E-state index contributed by atoms with van der Waals surface area (Å²) in [5.74, 6) is -3.73. The normalized spacial score (nSPS) is 12.0. The van der Waals surface area contributed by atoms with Crippen LogP contribution in [0.5, 0.6) is 0 Å². The molecule has 2 atom stereocenters. The van der Waals surface area contributed by atoms with Gasteiger partial charge in [0.1, 0.15) is 0 Å². The minimum absolute atomic E-state index is 0.0120. The topological polar surface area (TPSA) is 216 Å². The second kappa shape index (κ2) is 14.0. The molecule has 0 bridgehead atoms. The Morgan fingerprint density at radius 1 is 1.19 bits per heavy atom. The number of hydrogen-bond acceptors (Lipinski definition) is 7. The van der Waals surface area contributed by atoms with Crippen molar-refractivity contribution in [3.63, 3.8) is 0 Å². The predicted octanol–water partition coefficient (Wildman–Crippen LogP) is 1.01. The molecule has 4 N–H and O–H groups in total. The Kier molecular flexibility index (Phi) is 13.5. The third-order valence-corrected chi connectivity index (χ3v) is 2.44. The summed E-state index contributed by atoms with van der Waals surface area (Å²) in [5, 5.41) is 16.2. The smallest absolute Gasteiger partial charge is 0.475 e. The molecule has 13 nitrogen and oxygen atoms in total. The van der Waals surface area contributed by atoms with Crippen molar-refractivity contribution < 1.29 is 37.4 Å². The number of rotatable bonds is 9. The molecule has 0 aromatic carbocycles. The molecule has 0 fully saturated rings. The molecule has 0 aliphatic rings. The van der Waals surface area contributed by atoms with E-state index in [1.54, 1.807) is 0 Å². The number of carbonyl (C=O) groups is 3. The fourth-order valence-electron chi connectivity index (χ4n) is 1.31. The third kappa shape index (κ3) is 16.0. The van der Waals surface area contributed by atoms with Crippen molar-refractivity contribution >= 4 is 17.8 Å². The number of alkyl halides is 3. The summed E-state index contributed by atoms with van der Waals surface area (Å²) in [5.41, 5.74) is 21.9. The van der Waals surface area contributed by atoms with Crippen LogP contribution in [0.15, 0.2) is 10.2 Å². The van der Waals surface area contributed by atoms with Crippen LogP contribution in [0.25, 0.3) is 20.9 Å². The van der Waals surface area contributed by atoms with Crippen LogP contribution in [0.4, 0.5) is 13.2 Å². The van der Waals surface area contributed by atoms with Gasteiger partial charge in [0.15, 0.2) is 0 Å². The van der Waals surface area contributed by atoms with E-state index in [2.05, 4.69) is 30.1 Å². The van der Waals surface area contributed by atoms with E-state index in [-0.39, 0.29) is 25.9 Å². The largest absolute Gasteiger partial charge is 0.490 e. The quantitative estimate of drug-likeness (QED) is 0.222. The number of methoxy groups -OCH3 is 1. The number of nitrogens with zero attached hydrogens (tertiary/aromatic N) is 6. The minimum Gasteiger partial charge on any atom is -0.475 e. The zero-order valence-electron chi connectivity index (χ0n) is 14.0. The fourth-order valence-corrected chi connectivity index (χ4v) is 1.31. The average Bonchev–Trinajstić information content (AvgIpc) is 2.57. The molecule has 0 spiro atoms. The summed E-state index contributed by atoms with van der Waals surface area (Å²) in [6, 6.07) is -1.29. The van der Waals surface area contributed by atoms with Gasteiger partial charge in [-0.1, -0.05) is 10.2 Å². The summed E-state index contributed by atoms with van der Waals surface area (Å²) in [7, 11) is 1.21. The Morgan fingerprint density at radius 3 is 2.07 bits per heavy atom. The number of carboxylic acids is 1. The Bertz CT molecular complexity index is 601. The molecule has 27 heavy (non-hydrogen) atoms. The summed E-state index contributed by atoms with van der Waals surface area (Å²) in [6.07, 6.45) is -5.28. The molecule has 0 heterocycles. The van der Waals surface area contributed by atoms with Crippen LogP contribution >= 0.6 is 0 Å². The number of carbonyl (C=O) groups excluding carboxylic acids is 2. The first-order valence-corrected chi connectivity index (χ1v) is 6.91. The molecule has 0 aromatic rings. The number of halogens is 3. The first-order chi connectivity index (χ1) is 12.5. The fraction of sp³-hybridized carbons (Fsp3) is 0.727. The van der Waals surface area contributed by atoms with Gasteiger partial charge in [-0.05, 0) is 11.1 Å². The molecule has 0 aliphatic carbocycles. The first kappa shape index (κ1) is 26.0. The molecule has 0 rings (SSSR count). The highest BCUT2D eigenvalue weighted by atomic mass is 19.4. The monoisotopic (exact) mass is 398 g/mol. The number of aliphatic carboxylic acids is 1. The van der Waals surface area contributed by atoms with E-state index in [0.29, 0.717) is 0 Å². The van der Waals surface area contributed by atoms with E-state index in [0.717, 1.165) is 0 Å². The lowest BCUT2D eigenvalue weighted by Crippen LogP contribution is -2.41. The second-order valence-electron chi connectivity index (χ2n) is 4.64. The lowest BCUT2D eigenvalue weighted by molar-refractivity contribution is -0.192. The Hall–Kier alpha value is -3.22. The maximum atomic E-state index is 11.6. The molecule has 1 amide bonds. The van der Waals surface area contributed by atoms with Crippen molar-refractivity contribution in [2.75, 3.05) is 20.2 Å². The van der Waals surface area contributed by atoms with Gasteiger partial charge in [-0.25, -0.2) is 4.79 Å².